The van der Waals surface area contributed by atoms with Gasteiger partial charge in [0.15, 0.2) is 0 Å². The van der Waals surface area contributed by atoms with Gasteiger partial charge in [0.1, 0.15) is 5.69 Å². The van der Waals surface area contributed by atoms with Crippen molar-refractivity contribution in [3.63, 3.8) is 0 Å². The number of hydrogen-bond acceptors (Lipinski definition) is 4. The molecule has 0 aliphatic carbocycles. The van der Waals surface area contributed by atoms with Crippen LogP contribution >= 0.6 is 11.6 Å². The number of carbonyl (C=O) groups excluding carboxylic acids is 1. The first-order valence-electron chi connectivity index (χ1n) is 7.09. The summed E-state index contributed by atoms with van der Waals surface area (Å²) in [6, 6.07) is 0. The molecule has 3 rings (SSSR count). The molecule has 8 nitrogen and oxygen atoms in total. The van der Waals surface area contributed by atoms with E-state index in [1.165, 1.54) is 10.9 Å². The SMILES string of the molecule is CCn1cc(Cn2cc(NC(=O)c3c(Cl)cnn3C)cn2)cn1. The average Bonchev–Trinajstić information content (AvgIpc) is 3.21. The Morgan fingerprint density at radius 2 is 1.96 bits per heavy atom. The largest absolute Gasteiger partial charge is 0.318 e. The Morgan fingerprint density at radius 3 is 2.61 bits per heavy atom. The van der Waals surface area contributed by atoms with Crippen molar-refractivity contribution >= 4 is 23.2 Å². The van der Waals surface area contributed by atoms with Crippen LogP contribution in [0.4, 0.5) is 5.69 Å². The molecule has 120 valence electrons. The Bertz CT molecular complexity index is 812. The lowest BCUT2D eigenvalue weighted by Gasteiger charge is -2.03. The van der Waals surface area contributed by atoms with Gasteiger partial charge in [0.05, 0.1) is 35.8 Å². The van der Waals surface area contributed by atoms with E-state index in [1.54, 1.807) is 30.3 Å². The zero-order valence-electron chi connectivity index (χ0n) is 12.8. The fourth-order valence-electron chi connectivity index (χ4n) is 2.22. The molecule has 1 N–H and O–H groups in total. The van der Waals surface area contributed by atoms with Crippen LogP contribution in [0.15, 0.2) is 31.0 Å². The minimum Gasteiger partial charge on any atom is -0.318 e. The van der Waals surface area contributed by atoms with Gasteiger partial charge >= 0.3 is 0 Å². The molecule has 1 amide bonds. The van der Waals surface area contributed by atoms with Crippen molar-refractivity contribution in [1.82, 2.24) is 29.3 Å². The minimum atomic E-state index is -0.326. The standard InChI is InChI=1S/C14H16ClN7O/c1-3-21-7-10(4-17-21)8-22-9-11(5-18-22)19-14(23)13-12(15)6-16-20(13)2/h4-7,9H,3,8H2,1-2H3,(H,19,23). The van der Waals surface area contributed by atoms with Gasteiger partial charge in [-0.25, -0.2) is 0 Å². The molecule has 3 aromatic rings. The molecule has 3 heterocycles. The summed E-state index contributed by atoms with van der Waals surface area (Å²) in [5.74, 6) is -0.326. The molecule has 0 atom stereocenters. The van der Waals surface area contributed by atoms with Crippen LogP contribution in [0.2, 0.25) is 5.02 Å². The second-order valence-corrected chi connectivity index (χ2v) is 5.46. The highest BCUT2D eigenvalue weighted by Gasteiger charge is 2.16. The quantitative estimate of drug-likeness (QED) is 0.771. The van der Waals surface area contributed by atoms with Crippen molar-refractivity contribution in [1.29, 1.82) is 0 Å². The summed E-state index contributed by atoms with van der Waals surface area (Å²) in [4.78, 5) is 12.2. The Kier molecular flexibility index (Phi) is 4.16. The van der Waals surface area contributed by atoms with Crippen molar-refractivity contribution in [2.45, 2.75) is 20.0 Å². The molecular weight excluding hydrogens is 318 g/mol. The first-order chi connectivity index (χ1) is 11.1. The van der Waals surface area contributed by atoms with Gasteiger partial charge < -0.3 is 5.32 Å². The molecule has 0 spiro atoms. The van der Waals surface area contributed by atoms with E-state index in [4.69, 9.17) is 11.6 Å². The van der Waals surface area contributed by atoms with Crippen molar-refractivity contribution in [2.24, 2.45) is 7.05 Å². The highest BCUT2D eigenvalue weighted by atomic mass is 35.5. The highest BCUT2D eigenvalue weighted by molar-refractivity contribution is 6.34. The van der Waals surface area contributed by atoms with E-state index in [9.17, 15) is 4.79 Å². The van der Waals surface area contributed by atoms with Crippen LogP contribution in [-0.2, 0) is 20.1 Å². The molecule has 0 saturated carbocycles. The zero-order chi connectivity index (χ0) is 16.4. The van der Waals surface area contributed by atoms with Crippen molar-refractivity contribution in [3.8, 4) is 0 Å². The van der Waals surface area contributed by atoms with E-state index in [0.29, 0.717) is 22.9 Å². The van der Waals surface area contributed by atoms with E-state index >= 15 is 0 Å². The van der Waals surface area contributed by atoms with E-state index < -0.39 is 0 Å². The normalized spacial score (nSPS) is 10.9. The molecule has 0 unspecified atom stereocenters. The summed E-state index contributed by atoms with van der Waals surface area (Å²) < 4.78 is 5.02. The Balaban J connectivity index is 1.68. The third-order valence-corrected chi connectivity index (χ3v) is 3.63. The molecular formula is C14H16ClN7O. The fraction of sp³-hybridized carbons (Fsp3) is 0.286. The van der Waals surface area contributed by atoms with Crippen LogP contribution in [0.5, 0.6) is 0 Å². The van der Waals surface area contributed by atoms with Crippen LogP contribution < -0.4 is 5.32 Å². The number of nitrogens with one attached hydrogen (secondary N) is 1. The fourth-order valence-corrected chi connectivity index (χ4v) is 2.47. The van der Waals surface area contributed by atoms with E-state index in [-0.39, 0.29) is 5.91 Å². The number of anilines is 1. The summed E-state index contributed by atoms with van der Waals surface area (Å²) in [5.41, 5.74) is 1.95. The summed E-state index contributed by atoms with van der Waals surface area (Å²) in [5, 5.41) is 15.5. The monoisotopic (exact) mass is 333 g/mol. The molecule has 0 bridgehead atoms. The number of nitrogens with zero attached hydrogens (tertiary/aromatic N) is 6. The van der Waals surface area contributed by atoms with E-state index in [0.717, 1.165) is 12.1 Å². The van der Waals surface area contributed by atoms with Gasteiger partial charge in [0.2, 0.25) is 0 Å². The van der Waals surface area contributed by atoms with E-state index in [2.05, 4.69) is 20.6 Å². The van der Waals surface area contributed by atoms with Gasteiger partial charge in [0.25, 0.3) is 5.91 Å². The number of hydrogen-bond donors (Lipinski definition) is 1. The number of carbonyl (C=O) groups is 1. The van der Waals surface area contributed by atoms with Gasteiger partial charge in [-0.05, 0) is 6.92 Å². The third-order valence-electron chi connectivity index (χ3n) is 3.36. The highest BCUT2D eigenvalue weighted by Crippen LogP contribution is 2.16. The lowest BCUT2D eigenvalue weighted by Crippen LogP contribution is -2.16. The van der Waals surface area contributed by atoms with Crippen LogP contribution in [0.3, 0.4) is 0 Å². The van der Waals surface area contributed by atoms with Crippen LogP contribution in [0, 0.1) is 0 Å². The topological polar surface area (TPSA) is 82.6 Å². The summed E-state index contributed by atoms with van der Waals surface area (Å²) in [6.45, 7) is 3.44. The molecule has 23 heavy (non-hydrogen) atoms. The van der Waals surface area contributed by atoms with Gasteiger partial charge in [-0.2, -0.15) is 15.3 Å². The van der Waals surface area contributed by atoms with Gasteiger partial charge in [0, 0.05) is 31.5 Å². The molecule has 0 aliphatic heterocycles. The van der Waals surface area contributed by atoms with Crippen molar-refractivity contribution in [2.75, 3.05) is 5.32 Å². The molecule has 0 saturated heterocycles. The smallest absolute Gasteiger partial charge is 0.275 e. The summed E-state index contributed by atoms with van der Waals surface area (Å²) in [6.07, 6.45) is 8.55. The number of rotatable bonds is 5. The zero-order valence-corrected chi connectivity index (χ0v) is 13.5. The molecule has 0 radical (unpaired) electrons. The first-order valence-corrected chi connectivity index (χ1v) is 7.47. The molecule has 9 heteroatoms. The average molecular weight is 334 g/mol. The second kappa shape index (κ2) is 6.25. The molecule has 0 aliphatic rings. The molecule has 3 aromatic heterocycles. The molecule has 0 aromatic carbocycles. The second-order valence-electron chi connectivity index (χ2n) is 5.05. The van der Waals surface area contributed by atoms with Crippen molar-refractivity contribution < 1.29 is 4.79 Å². The van der Waals surface area contributed by atoms with Crippen LogP contribution in [0.1, 0.15) is 23.0 Å². The summed E-state index contributed by atoms with van der Waals surface area (Å²) in [7, 11) is 1.66. The maximum Gasteiger partial charge on any atom is 0.275 e. The number of aromatic nitrogens is 6. The minimum absolute atomic E-state index is 0.309. The lowest BCUT2D eigenvalue weighted by molar-refractivity contribution is 0.101. The predicted molar refractivity (Wildman–Crippen MR) is 85.4 cm³/mol. The maximum absolute atomic E-state index is 12.2. The summed E-state index contributed by atoms with van der Waals surface area (Å²) >= 11 is 5.96. The van der Waals surface area contributed by atoms with Gasteiger partial charge in [-0.15, -0.1) is 0 Å². The lowest BCUT2D eigenvalue weighted by atomic mass is 10.3. The number of halogens is 1. The van der Waals surface area contributed by atoms with Crippen LogP contribution in [0.25, 0.3) is 0 Å². The van der Waals surface area contributed by atoms with Gasteiger partial charge in [-0.1, -0.05) is 11.6 Å². The maximum atomic E-state index is 12.2. The Hall–Kier alpha value is -2.61. The van der Waals surface area contributed by atoms with Crippen molar-refractivity contribution in [3.05, 3.63) is 47.3 Å². The van der Waals surface area contributed by atoms with E-state index in [1.807, 2.05) is 17.8 Å². The third kappa shape index (κ3) is 3.26. The first kappa shape index (κ1) is 15.3. The van der Waals surface area contributed by atoms with Gasteiger partial charge in [-0.3, -0.25) is 18.8 Å². The predicted octanol–water partition coefficient (Wildman–Crippen LogP) is 1.79. The van der Waals surface area contributed by atoms with Crippen LogP contribution in [-0.4, -0.2) is 35.2 Å². The number of amides is 1. The Morgan fingerprint density at radius 1 is 1.17 bits per heavy atom. The molecule has 0 fully saturated rings. The Labute approximate surface area is 137 Å². The number of aryl methyl sites for hydroxylation is 2.